The van der Waals surface area contributed by atoms with Gasteiger partial charge < -0.3 is 5.73 Å². The highest BCUT2D eigenvalue weighted by molar-refractivity contribution is 9.10. The van der Waals surface area contributed by atoms with Crippen LogP contribution in [-0.2, 0) is 6.42 Å². The topological polar surface area (TPSA) is 26.0 Å². The summed E-state index contributed by atoms with van der Waals surface area (Å²) in [6.07, 6.45) is 0.813. The van der Waals surface area contributed by atoms with Crippen molar-refractivity contribution < 1.29 is 4.39 Å². The molecule has 0 heterocycles. The van der Waals surface area contributed by atoms with Crippen LogP contribution in [0, 0.1) is 17.7 Å². The van der Waals surface area contributed by atoms with E-state index in [2.05, 4.69) is 29.8 Å². The molecule has 1 rings (SSSR count). The molecule has 0 saturated carbocycles. The van der Waals surface area contributed by atoms with E-state index in [1.807, 2.05) is 6.92 Å². The average molecular weight is 288 g/mol. The monoisotopic (exact) mass is 287 g/mol. The maximum absolute atomic E-state index is 13.1. The third kappa shape index (κ3) is 3.56. The third-order valence-electron chi connectivity index (χ3n) is 3.00. The summed E-state index contributed by atoms with van der Waals surface area (Å²) in [5, 5.41) is 0. The Bertz CT molecular complexity index is 342. The lowest BCUT2D eigenvalue weighted by molar-refractivity contribution is 0.329. The van der Waals surface area contributed by atoms with Crippen LogP contribution in [0.2, 0.25) is 0 Å². The lowest BCUT2D eigenvalue weighted by Gasteiger charge is -2.25. The van der Waals surface area contributed by atoms with Gasteiger partial charge in [0.25, 0.3) is 0 Å². The molecule has 0 saturated heterocycles. The fourth-order valence-corrected chi connectivity index (χ4v) is 2.39. The lowest BCUT2D eigenvalue weighted by Crippen LogP contribution is -2.32. The normalized spacial score (nSPS) is 15.2. The molecule has 16 heavy (non-hydrogen) atoms. The maximum Gasteiger partial charge on any atom is 0.123 e. The van der Waals surface area contributed by atoms with E-state index in [-0.39, 0.29) is 11.9 Å². The van der Waals surface area contributed by atoms with Gasteiger partial charge in [-0.3, -0.25) is 0 Å². The van der Waals surface area contributed by atoms with E-state index in [0.29, 0.717) is 11.8 Å². The molecule has 1 aromatic carbocycles. The molecule has 0 amide bonds. The van der Waals surface area contributed by atoms with Crippen molar-refractivity contribution in [2.24, 2.45) is 17.6 Å². The number of hydrogen-bond donors (Lipinski definition) is 1. The Hall–Kier alpha value is -0.410. The number of rotatable bonds is 4. The second-order valence-corrected chi connectivity index (χ2v) is 5.56. The van der Waals surface area contributed by atoms with Crippen molar-refractivity contribution in [3.63, 3.8) is 0 Å². The summed E-state index contributed by atoms with van der Waals surface area (Å²) in [6, 6.07) is 4.92. The van der Waals surface area contributed by atoms with Crippen LogP contribution < -0.4 is 5.73 Å². The molecule has 2 atom stereocenters. The molecule has 0 spiro atoms. The van der Waals surface area contributed by atoms with Crippen LogP contribution >= 0.6 is 15.9 Å². The maximum atomic E-state index is 13.1. The first kappa shape index (κ1) is 13.7. The van der Waals surface area contributed by atoms with E-state index < -0.39 is 0 Å². The summed E-state index contributed by atoms with van der Waals surface area (Å²) in [5.41, 5.74) is 6.96. The first-order chi connectivity index (χ1) is 7.41. The molecule has 0 fully saturated rings. The van der Waals surface area contributed by atoms with Crippen LogP contribution in [0.15, 0.2) is 22.7 Å². The van der Waals surface area contributed by atoms with E-state index in [1.165, 1.54) is 6.07 Å². The van der Waals surface area contributed by atoms with Crippen LogP contribution in [0.1, 0.15) is 26.3 Å². The van der Waals surface area contributed by atoms with Gasteiger partial charge in [0.2, 0.25) is 0 Å². The standard InChI is InChI=1S/C13H19BrFN/c1-8(2)12(9(3)16)7-10-6-11(15)4-5-13(10)14/h4-6,8-9,12H,7,16H2,1-3H3. The molecule has 0 bridgehead atoms. The molecular formula is C13H19BrFN. The van der Waals surface area contributed by atoms with Gasteiger partial charge in [-0.1, -0.05) is 29.8 Å². The average Bonchev–Trinajstić information content (AvgIpc) is 2.18. The molecule has 2 N–H and O–H groups in total. The number of hydrogen-bond acceptors (Lipinski definition) is 1. The van der Waals surface area contributed by atoms with Gasteiger partial charge in [-0.05, 0) is 48.9 Å². The first-order valence-corrected chi connectivity index (χ1v) is 6.40. The molecule has 0 aromatic heterocycles. The Morgan fingerprint density at radius 1 is 1.31 bits per heavy atom. The number of benzene rings is 1. The van der Waals surface area contributed by atoms with Crippen molar-refractivity contribution in [1.82, 2.24) is 0 Å². The highest BCUT2D eigenvalue weighted by atomic mass is 79.9. The Morgan fingerprint density at radius 2 is 1.94 bits per heavy atom. The molecule has 0 aliphatic carbocycles. The van der Waals surface area contributed by atoms with Crippen LogP contribution in [-0.4, -0.2) is 6.04 Å². The summed E-state index contributed by atoms with van der Waals surface area (Å²) in [7, 11) is 0. The molecule has 2 unspecified atom stereocenters. The van der Waals surface area contributed by atoms with E-state index in [1.54, 1.807) is 12.1 Å². The molecule has 1 aromatic rings. The Morgan fingerprint density at radius 3 is 2.44 bits per heavy atom. The third-order valence-corrected chi connectivity index (χ3v) is 3.77. The zero-order chi connectivity index (χ0) is 12.3. The van der Waals surface area contributed by atoms with Crippen molar-refractivity contribution >= 4 is 15.9 Å². The molecular weight excluding hydrogens is 269 g/mol. The lowest BCUT2D eigenvalue weighted by atomic mass is 9.84. The van der Waals surface area contributed by atoms with Gasteiger partial charge in [-0.2, -0.15) is 0 Å². The summed E-state index contributed by atoms with van der Waals surface area (Å²) in [4.78, 5) is 0. The first-order valence-electron chi connectivity index (χ1n) is 5.61. The Balaban J connectivity index is 2.89. The van der Waals surface area contributed by atoms with Crippen LogP contribution in [0.5, 0.6) is 0 Å². The van der Waals surface area contributed by atoms with Gasteiger partial charge in [0.05, 0.1) is 0 Å². The van der Waals surface area contributed by atoms with Crippen LogP contribution in [0.4, 0.5) is 4.39 Å². The smallest absolute Gasteiger partial charge is 0.123 e. The summed E-state index contributed by atoms with van der Waals surface area (Å²) < 4.78 is 14.1. The highest BCUT2D eigenvalue weighted by Gasteiger charge is 2.19. The SMILES string of the molecule is CC(C)C(Cc1cc(F)ccc1Br)C(C)N. The number of halogens is 2. The zero-order valence-corrected chi connectivity index (χ0v) is 11.6. The van der Waals surface area contributed by atoms with Crippen molar-refractivity contribution in [3.05, 3.63) is 34.1 Å². The van der Waals surface area contributed by atoms with E-state index in [9.17, 15) is 4.39 Å². The predicted octanol–water partition coefficient (Wildman–Crippen LogP) is 3.75. The number of nitrogens with two attached hydrogens (primary N) is 1. The molecule has 0 radical (unpaired) electrons. The van der Waals surface area contributed by atoms with Gasteiger partial charge in [0.1, 0.15) is 5.82 Å². The van der Waals surface area contributed by atoms with Crippen molar-refractivity contribution in [3.8, 4) is 0 Å². The van der Waals surface area contributed by atoms with Crippen LogP contribution in [0.3, 0.4) is 0 Å². The summed E-state index contributed by atoms with van der Waals surface area (Å²) >= 11 is 3.45. The minimum Gasteiger partial charge on any atom is -0.328 e. The minimum absolute atomic E-state index is 0.121. The van der Waals surface area contributed by atoms with Gasteiger partial charge in [-0.25, -0.2) is 4.39 Å². The zero-order valence-electron chi connectivity index (χ0n) is 10.0. The van der Waals surface area contributed by atoms with E-state index in [0.717, 1.165) is 16.5 Å². The molecule has 0 aliphatic heterocycles. The van der Waals surface area contributed by atoms with Crippen LogP contribution in [0.25, 0.3) is 0 Å². The fraction of sp³-hybridized carbons (Fsp3) is 0.538. The molecule has 0 aliphatic rings. The molecule has 1 nitrogen and oxygen atoms in total. The quantitative estimate of drug-likeness (QED) is 0.897. The van der Waals surface area contributed by atoms with E-state index in [4.69, 9.17) is 5.73 Å². The summed E-state index contributed by atoms with van der Waals surface area (Å²) in [6.45, 7) is 6.32. The highest BCUT2D eigenvalue weighted by Crippen LogP contribution is 2.25. The Labute approximate surface area is 105 Å². The fourth-order valence-electron chi connectivity index (χ4n) is 1.98. The largest absolute Gasteiger partial charge is 0.328 e. The molecule has 90 valence electrons. The minimum atomic E-state index is -0.189. The Kier molecular flexibility index (Phi) is 4.93. The van der Waals surface area contributed by atoms with Gasteiger partial charge >= 0.3 is 0 Å². The van der Waals surface area contributed by atoms with Gasteiger partial charge in [-0.15, -0.1) is 0 Å². The second kappa shape index (κ2) is 5.78. The molecule has 3 heteroatoms. The van der Waals surface area contributed by atoms with Gasteiger partial charge in [0.15, 0.2) is 0 Å². The van der Waals surface area contributed by atoms with Crippen molar-refractivity contribution in [2.45, 2.75) is 33.2 Å². The summed E-state index contributed by atoms with van der Waals surface area (Å²) in [5.74, 6) is 0.679. The van der Waals surface area contributed by atoms with E-state index >= 15 is 0 Å². The second-order valence-electron chi connectivity index (χ2n) is 4.71. The predicted molar refractivity (Wildman–Crippen MR) is 69.8 cm³/mol. The van der Waals surface area contributed by atoms with Gasteiger partial charge in [0, 0.05) is 10.5 Å². The van der Waals surface area contributed by atoms with Crippen molar-refractivity contribution in [1.29, 1.82) is 0 Å². The van der Waals surface area contributed by atoms with Crippen molar-refractivity contribution in [2.75, 3.05) is 0 Å².